The maximum Gasteiger partial charge on any atom is 0.315 e. The molecule has 3 saturated carbocycles. The summed E-state index contributed by atoms with van der Waals surface area (Å²) in [7, 11) is 4.15. The number of carbonyl (C=O) groups excluding carboxylic acids is 1. The molecular weight excluding hydrogens is 281 g/mol. The van der Waals surface area contributed by atoms with Crippen molar-refractivity contribution in [2.45, 2.75) is 57.7 Å². The van der Waals surface area contributed by atoms with Crippen molar-refractivity contribution in [2.75, 3.05) is 20.6 Å². The molecule has 1 heterocycles. The van der Waals surface area contributed by atoms with E-state index in [0.717, 1.165) is 32.2 Å². The minimum atomic E-state index is -1.18. The lowest BCUT2D eigenvalue weighted by Crippen LogP contribution is -3.06. The molecule has 4 heteroatoms. The van der Waals surface area contributed by atoms with Gasteiger partial charge in [-0.3, -0.25) is 4.79 Å². The van der Waals surface area contributed by atoms with Gasteiger partial charge in [0.2, 0.25) is 0 Å². The number of ether oxygens (including phenoxy) is 1. The Hall–Kier alpha value is -0.640. The zero-order chi connectivity index (χ0) is 15.9. The molecule has 0 unspecified atom stereocenters. The van der Waals surface area contributed by atoms with Gasteiger partial charge in [0.25, 0.3) is 0 Å². The summed E-state index contributed by atoms with van der Waals surface area (Å²) >= 11 is 0. The second kappa shape index (κ2) is 4.25. The Labute approximate surface area is 132 Å². The van der Waals surface area contributed by atoms with Crippen LogP contribution < -0.4 is 4.90 Å². The molecule has 3 nitrogen and oxygen atoms in total. The van der Waals surface area contributed by atoms with Crippen LogP contribution in [-0.2, 0) is 9.53 Å². The molecule has 0 aromatic carbocycles. The van der Waals surface area contributed by atoms with E-state index in [-0.39, 0.29) is 40.7 Å². The smallest absolute Gasteiger partial charge is 0.315 e. The Balaban J connectivity index is 1.71. The molecule has 1 aliphatic heterocycles. The molecule has 22 heavy (non-hydrogen) atoms. The van der Waals surface area contributed by atoms with Gasteiger partial charge in [0.1, 0.15) is 17.7 Å². The van der Waals surface area contributed by atoms with Crippen LogP contribution in [0.15, 0.2) is 0 Å². The van der Waals surface area contributed by atoms with Gasteiger partial charge in [-0.1, -0.05) is 6.92 Å². The predicted molar refractivity (Wildman–Crippen MR) is 81.2 cm³/mol. The van der Waals surface area contributed by atoms with Crippen molar-refractivity contribution in [1.82, 2.24) is 0 Å². The molecular formula is C18H29FNO2+. The first-order valence-corrected chi connectivity index (χ1v) is 8.89. The number of hydrogen-bond donors (Lipinski definition) is 1. The summed E-state index contributed by atoms with van der Waals surface area (Å²) in [6.45, 7) is 4.90. The number of fused-ring (bicyclic) bond motifs is 2. The molecule has 4 rings (SSSR count). The number of rotatable bonds is 2. The summed E-state index contributed by atoms with van der Waals surface area (Å²) in [6, 6.07) is 0. The predicted octanol–water partition coefficient (Wildman–Crippen LogP) is 1.62. The molecule has 4 aliphatic rings. The van der Waals surface area contributed by atoms with Gasteiger partial charge < -0.3 is 9.64 Å². The summed E-state index contributed by atoms with van der Waals surface area (Å²) in [5.41, 5.74) is -0.783. The zero-order valence-corrected chi connectivity index (χ0v) is 14.2. The van der Waals surface area contributed by atoms with E-state index < -0.39 is 5.67 Å². The fraction of sp³-hybridized carbons (Fsp3) is 0.944. The highest BCUT2D eigenvalue weighted by molar-refractivity contribution is 5.75. The van der Waals surface area contributed by atoms with Gasteiger partial charge in [0, 0.05) is 11.8 Å². The van der Waals surface area contributed by atoms with E-state index >= 15 is 4.39 Å². The van der Waals surface area contributed by atoms with Gasteiger partial charge in [-0.2, -0.15) is 0 Å². The van der Waals surface area contributed by atoms with Gasteiger partial charge in [0.15, 0.2) is 0 Å². The molecule has 4 fully saturated rings. The van der Waals surface area contributed by atoms with Crippen molar-refractivity contribution >= 4 is 5.97 Å². The summed E-state index contributed by atoms with van der Waals surface area (Å²) in [4.78, 5) is 13.7. The first kappa shape index (κ1) is 14.9. The van der Waals surface area contributed by atoms with Crippen molar-refractivity contribution in [2.24, 2.45) is 28.6 Å². The average Bonchev–Trinajstić information content (AvgIpc) is 2.77. The molecule has 1 saturated heterocycles. The summed E-state index contributed by atoms with van der Waals surface area (Å²) in [5, 5.41) is 0. The highest BCUT2D eigenvalue weighted by Gasteiger charge is 2.78. The Morgan fingerprint density at radius 1 is 1.27 bits per heavy atom. The Bertz CT molecular complexity index is 519. The van der Waals surface area contributed by atoms with Gasteiger partial charge in [0.05, 0.1) is 20.6 Å². The normalized spacial score (nSPS) is 56.2. The Kier molecular flexibility index (Phi) is 2.88. The Morgan fingerprint density at radius 3 is 2.68 bits per heavy atom. The third kappa shape index (κ3) is 1.73. The second-order valence-corrected chi connectivity index (χ2v) is 9.27. The van der Waals surface area contributed by atoms with E-state index in [2.05, 4.69) is 21.0 Å². The van der Waals surface area contributed by atoms with Crippen LogP contribution in [0.1, 0.15) is 46.0 Å². The lowest BCUT2D eigenvalue weighted by molar-refractivity contribution is -0.861. The lowest BCUT2D eigenvalue weighted by Gasteiger charge is -2.34. The molecule has 124 valence electrons. The van der Waals surface area contributed by atoms with Crippen molar-refractivity contribution in [3.8, 4) is 0 Å². The minimum Gasteiger partial charge on any atom is -0.461 e. The van der Waals surface area contributed by atoms with Gasteiger partial charge >= 0.3 is 5.97 Å². The van der Waals surface area contributed by atoms with Crippen molar-refractivity contribution in [3.63, 3.8) is 0 Å². The van der Waals surface area contributed by atoms with Crippen LogP contribution >= 0.6 is 0 Å². The third-order valence-electron chi connectivity index (χ3n) is 7.57. The molecule has 0 aromatic heterocycles. The second-order valence-electron chi connectivity index (χ2n) is 9.27. The maximum absolute atomic E-state index is 15.3. The molecule has 0 radical (unpaired) electrons. The maximum atomic E-state index is 15.3. The summed E-state index contributed by atoms with van der Waals surface area (Å²) < 4.78 is 21.2. The SMILES string of the molecule is C[NH+](C)C[C@@H]1C(=O)O[C@H]2[C@H]1CC[C@@]1(C)C[C@]13CC[C@@](C)(F)[C@H]23. The fourth-order valence-electron chi connectivity index (χ4n) is 6.43. The average molecular weight is 310 g/mol. The molecule has 3 aliphatic carbocycles. The number of halogens is 1. The minimum absolute atomic E-state index is 0.0375. The molecule has 0 amide bonds. The van der Waals surface area contributed by atoms with E-state index in [1.165, 1.54) is 4.90 Å². The van der Waals surface area contributed by atoms with Crippen LogP contribution in [0.25, 0.3) is 0 Å². The van der Waals surface area contributed by atoms with Crippen LogP contribution in [0, 0.1) is 28.6 Å². The summed E-state index contributed by atoms with van der Waals surface area (Å²) in [6.07, 6.45) is 4.73. The number of carbonyl (C=O) groups is 1. The van der Waals surface area contributed by atoms with Crippen LogP contribution in [0.5, 0.6) is 0 Å². The largest absolute Gasteiger partial charge is 0.461 e. The van der Waals surface area contributed by atoms with Crippen LogP contribution in [0.4, 0.5) is 4.39 Å². The van der Waals surface area contributed by atoms with E-state index in [0.29, 0.717) is 6.42 Å². The first-order chi connectivity index (χ1) is 10.2. The van der Waals surface area contributed by atoms with E-state index in [4.69, 9.17) is 4.74 Å². The Morgan fingerprint density at radius 2 is 2.00 bits per heavy atom. The molecule has 0 aromatic rings. The third-order valence-corrected chi connectivity index (χ3v) is 7.57. The number of nitrogens with one attached hydrogen (secondary N) is 1. The van der Waals surface area contributed by atoms with Crippen LogP contribution in [0.2, 0.25) is 0 Å². The van der Waals surface area contributed by atoms with E-state index in [1.54, 1.807) is 6.92 Å². The molecule has 7 atom stereocenters. The molecule has 1 N–H and O–H groups in total. The highest BCUT2D eigenvalue weighted by Crippen LogP contribution is 2.80. The van der Waals surface area contributed by atoms with E-state index in [1.807, 2.05) is 0 Å². The standard InChI is InChI=1S/C18H28FNO2/c1-16-6-5-11-12(9-20(3)4)15(21)22-13(11)14-17(2,19)7-8-18(14,16)10-16/h11-14H,5-10H2,1-4H3/p+1/t11-,12-,13-,14-,16-,17+,18-/m0/s1. The highest BCUT2D eigenvalue weighted by atomic mass is 19.1. The fourth-order valence-corrected chi connectivity index (χ4v) is 6.43. The molecule has 0 bridgehead atoms. The lowest BCUT2D eigenvalue weighted by atomic mass is 9.74. The summed E-state index contributed by atoms with van der Waals surface area (Å²) in [5.74, 6) is 0.0357. The number of quaternary nitrogens is 1. The quantitative estimate of drug-likeness (QED) is 0.786. The zero-order valence-electron chi connectivity index (χ0n) is 14.2. The van der Waals surface area contributed by atoms with E-state index in [9.17, 15) is 4.79 Å². The number of esters is 1. The number of alkyl halides is 1. The topological polar surface area (TPSA) is 30.7 Å². The van der Waals surface area contributed by atoms with Crippen LogP contribution in [-0.4, -0.2) is 38.4 Å². The van der Waals surface area contributed by atoms with Crippen molar-refractivity contribution < 1.29 is 18.8 Å². The van der Waals surface area contributed by atoms with Gasteiger partial charge in [-0.25, -0.2) is 4.39 Å². The van der Waals surface area contributed by atoms with Gasteiger partial charge in [-0.15, -0.1) is 0 Å². The van der Waals surface area contributed by atoms with Crippen molar-refractivity contribution in [3.05, 3.63) is 0 Å². The number of hydrogen-bond acceptors (Lipinski definition) is 2. The van der Waals surface area contributed by atoms with Crippen molar-refractivity contribution in [1.29, 1.82) is 0 Å². The first-order valence-electron chi connectivity index (χ1n) is 8.89. The van der Waals surface area contributed by atoms with Crippen LogP contribution in [0.3, 0.4) is 0 Å². The molecule has 1 spiro atoms. The monoisotopic (exact) mass is 310 g/mol. The van der Waals surface area contributed by atoms with Gasteiger partial charge in [-0.05, 0) is 49.9 Å².